The summed E-state index contributed by atoms with van der Waals surface area (Å²) in [5.74, 6) is 0.0633. The Hall–Kier alpha value is -3.79. The fraction of sp³-hybridized carbons (Fsp3) is 0.385. The van der Waals surface area contributed by atoms with E-state index in [1.54, 1.807) is 28.8 Å². The molecule has 3 heterocycles. The van der Waals surface area contributed by atoms with Crippen molar-refractivity contribution in [2.24, 2.45) is 5.92 Å². The number of fused-ring (bicyclic) bond motifs is 1. The van der Waals surface area contributed by atoms with Gasteiger partial charge in [0.2, 0.25) is 5.91 Å². The summed E-state index contributed by atoms with van der Waals surface area (Å²) in [6.45, 7) is 2.00. The van der Waals surface area contributed by atoms with Crippen LogP contribution in [0.25, 0.3) is 0 Å². The molecule has 1 saturated heterocycles. The minimum Gasteiger partial charge on any atom is -0.497 e. The van der Waals surface area contributed by atoms with E-state index in [-0.39, 0.29) is 36.3 Å². The topological polar surface area (TPSA) is 98.6 Å². The largest absolute Gasteiger partial charge is 0.497 e. The van der Waals surface area contributed by atoms with Crippen LogP contribution in [0.3, 0.4) is 0 Å². The molecule has 1 unspecified atom stereocenters. The van der Waals surface area contributed by atoms with Gasteiger partial charge in [-0.1, -0.05) is 29.5 Å². The quantitative estimate of drug-likeness (QED) is 0.567. The molecule has 5 rings (SSSR count). The SMILES string of the molecule is COc1ccc(C2Cn3nnc(C(=O)N4CCC(C(=O)NCc5ccc(F)cc5)CC4)c3CO2)cc1. The third kappa shape index (κ3) is 5.08. The van der Waals surface area contributed by atoms with Crippen LogP contribution in [-0.2, 0) is 29.2 Å². The van der Waals surface area contributed by atoms with E-state index in [9.17, 15) is 14.0 Å². The van der Waals surface area contributed by atoms with E-state index in [1.807, 2.05) is 24.3 Å². The lowest BCUT2D eigenvalue weighted by Gasteiger charge is -2.31. The number of methoxy groups -OCH3 is 1. The molecule has 0 spiro atoms. The van der Waals surface area contributed by atoms with Gasteiger partial charge in [-0.25, -0.2) is 9.07 Å². The van der Waals surface area contributed by atoms with Crippen molar-refractivity contribution in [3.8, 4) is 5.75 Å². The second-order valence-electron chi connectivity index (χ2n) is 9.05. The fourth-order valence-corrected chi connectivity index (χ4v) is 4.63. The molecule has 10 heteroatoms. The molecule has 1 aromatic heterocycles. The van der Waals surface area contributed by atoms with E-state index in [0.717, 1.165) is 16.9 Å². The number of carbonyl (C=O) groups is 2. The summed E-state index contributed by atoms with van der Waals surface area (Å²) in [5.41, 5.74) is 2.82. The first-order valence-corrected chi connectivity index (χ1v) is 12.0. The molecule has 0 bridgehead atoms. The van der Waals surface area contributed by atoms with Crippen LogP contribution in [0.4, 0.5) is 4.39 Å². The van der Waals surface area contributed by atoms with Crippen LogP contribution in [0.1, 0.15) is 46.3 Å². The van der Waals surface area contributed by atoms with E-state index in [1.165, 1.54) is 12.1 Å². The summed E-state index contributed by atoms with van der Waals surface area (Å²) in [7, 11) is 1.62. The van der Waals surface area contributed by atoms with Crippen LogP contribution in [0.5, 0.6) is 5.75 Å². The summed E-state index contributed by atoms with van der Waals surface area (Å²) in [4.78, 5) is 27.5. The number of benzene rings is 2. The van der Waals surface area contributed by atoms with Gasteiger partial charge in [0.1, 0.15) is 17.7 Å². The number of piperidine rings is 1. The Kier molecular flexibility index (Phi) is 6.95. The number of carbonyl (C=O) groups excluding carboxylic acids is 2. The van der Waals surface area contributed by atoms with Crippen molar-refractivity contribution in [1.29, 1.82) is 0 Å². The molecule has 0 aliphatic carbocycles. The molecule has 188 valence electrons. The normalized spacial score (nSPS) is 17.9. The average Bonchev–Trinajstić information content (AvgIpc) is 3.35. The van der Waals surface area contributed by atoms with Gasteiger partial charge >= 0.3 is 0 Å². The van der Waals surface area contributed by atoms with Crippen molar-refractivity contribution >= 4 is 11.8 Å². The van der Waals surface area contributed by atoms with Crippen LogP contribution in [0.15, 0.2) is 48.5 Å². The molecule has 9 nitrogen and oxygen atoms in total. The Balaban J connectivity index is 1.15. The lowest BCUT2D eigenvalue weighted by molar-refractivity contribution is -0.126. The van der Waals surface area contributed by atoms with Crippen LogP contribution < -0.4 is 10.1 Å². The van der Waals surface area contributed by atoms with Crippen molar-refractivity contribution in [3.05, 3.63) is 76.9 Å². The zero-order chi connectivity index (χ0) is 25.1. The first-order valence-electron chi connectivity index (χ1n) is 12.0. The Morgan fingerprint density at radius 2 is 1.83 bits per heavy atom. The molecule has 1 atom stereocenters. The molecule has 2 aliphatic rings. The third-order valence-electron chi connectivity index (χ3n) is 6.82. The van der Waals surface area contributed by atoms with Gasteiger partial charge in [0.25, 0.3) is 5.91 Å². The van der Waals surface area contributed by atoms with Crippen LogP contribution in [-0.4, -0.2) is 51.9 Å². The second-order valence-corrected chi connectivity index (χ2v) is 9.05. The van der Waals surface area contributed by atoms with E-state index < -0.39 is 0 Å². The number of hydrogen-bond acceptors (Lipinski definition) is 6. The minimum atomic E-state index is -0.306. The summed E-state index contributed by atoms with van der Waals surface area (Å²) in [6.07, 6.45) is 0.957. The number of aromatic nitrogens is 3. The first kappa shape index (κ1) is 23.9. The van der Waals surface area contributed by atoms with Gasteiger partial charge in [-0.3, -0.25) is 9.59 Å². The predicted octanol–water partition coefficient (Wildman–Crippen LogP) is 2.87. The number of hydrogen-bond donors (Lipinski definition) is 1. The first-order chi connectivity index (χ1) is 17.5. The van der Waals surface area contributed by atoms with Gasteiger partial charge in [-0.05, 0) is 48.2 Å². The van der Waals surface area contributed by atoms with Crippen LogP contribution >= 0.6 is 0 Å². The number of likely N-dealkylation sites (tertiary alicyclic amines) is 1. The van der Waals surface area contributed by atoms with E-state index >= 15 is 0 Å². The van der Waals surface area contributed by atoms with Gasteiger partial charge in [0.05, 0.1) is 26.0 Å². The van der Waals surface area contributed by atoms with Crippen molar-refractivity contribution in [2.45, 2.75) is 38.6 Å². The second kappa shape index (κ2) is 10.4. The van der Waals surface area contributed by atoms with E-state index in [4.69, 9.17) is 9.47 Å². The van der Waals surface area contributed by atoms with Gasteiger partial charge in [-0.2, -0.15) is 0 Å². The molecule has 1 N–H and O–H groups in total. The lowest BCUT2D eigenvalue weighted by atomic mass is 9.95. The highest BCUT2D eigenvalue weighted by atomic mass is 19.1. The molecule has 2 aromatic carbocycles. The fourth-order valence-electron chi connectivity index (χ4n) is 4.63. The predicted molar refractivity (Wildman–Crippen MR) is 127 cm³/mol. The van der Waals surface area contributed by atoms with Crippen molar-refractivity contribution < 1.29 is 23.5 Å². The number of nitrogens with zero attached hydrogens (tertiary/aromatic N) is 4. The molecule has 1 fully saturated rings. The van der Waals surface area contributed by atoms with Gasteiger partial charge in [-0.15, -0.1) is 5.10 Å². The summed E-state index contributed by atoms with van der Waals surface area (Å²) in [5, 5.41) is 11.3. The molecule has 0 radical (unpaired) electrons. The molecular formula is C26H28FN5O4. The van der Waals surface area contributed by atoms with E-state index in [2.05, 4.69) is 15.6 Å². The Morgan fingerprint density at radius 3 is 2.53 bits per heavy atom. The lowest BCUT2D eigenvalue weighted by Crippen LogP contribution is -2.43. The Labute approximate surface area is 208 Å². The highest BCUT2D eigenvalue weighted by Crippen LogP contribution is 2.29. The zero-order valence-electron chi connectivity index (χ0n) is 20.0. The maximum atomic E-state index is 13.2. The number of ether oxygens (including phenoxy) is 2. The summed E-state index contributed by atoms with van der Waals surface area (Å²) < 4.78 is 26.0. The third-order valence-corrected chi connectivity index (χ3v) is 6.82. The molecule has 36 heavy (non-hydrogen) atoms. The Morgan fingerprint density at radius 1 is 1.11 bits per heavy atom. The molecule has 2 amide bonds. The maximum Gasteiger partial charge on any atom is 0.276 e. The number of amides is 2. The number of halogens is 1. The monoisotopic (exact) mass is 493 g/mol. The molecular weight excluding hydrogens is 465 g/mol. The van der Waals surface area contributed by atoms with Crippen LogP contribution in [0, 0.1) is 11.7 Å². The molecule has 0 saturated carbocycles. The summed E-state index contributed by atoms with van der Waals surface area (Å²) in [6, 6.07) is 13.7. The number of nitrogens with one attached hydrogen (secondary N) is 1. The standard InChI is InChI=1S/C26H28FN5O4/c1-35-21-8-4-18(5-9-21)23-15-32-22(16-36-23)24(29-30-32)26(34)31-12-10-19(11-13-31)25(33)28-14-17-2-6-20(27)7-3-17/h2-9,19,23H,10-16H2,1H3,(H,28,33). The smallest absolute Gasteiger partial charge is 0.276 e. The van der Waals surface area contributed by atoms with Crippen molar-refractivity contribution in [3.63, 3.8) is 0 Å². The maximum absolute atomic E-state index is 13.2. The minimum absolute atomic E-state index is 0.0505. The van der Waals surface area contributed by atoms with E-state index in [0.29, 0.717) is 50.4 Å². The Bertz CT molecular complexity index is 1220. The van der Waals surface area contributed by atoms with Gasteiger partial charge in [0.15, 0.2) is 5.69 Å². The highest BCUT2D eigenvalue weighted by molar-refractivity contribution is 5.93. The highest BCUT2D eigenvalue weighted by Gasteiger charge is 2.33. The molecule has 3 aromatic rings. The number of rotatable bonds is 6. The van der Waals surface area contributed by atoms with Gasteiger partial charge in [0, 0.05) is 25.6 Å². The average molecular weight is 494 g/mol. The molecule has 2 aliphatic heterocycles. The van der Waals surface area contributed by atoms with Crippen molar-refractivity contribution in [1.82, 2.24) is 25.2 Å². The summed E-state index contributed by atoms with van der Waals surface area (Å²) >= 11 is 0. The zero-order valence-corrected chi connectivity index (χ0v) is 20.0. The van der Waals surface area contributed by atoms with Crippen molar-refractivity contribution in [2.75, 3.05) is 20.2 Å². The van der Waals surface area contributed by atoms with Gasteiger partial charge < -0.3 is 19.7 Å². The van der Waals surface area contributed by atoms with Crippen LogP contribution in [0.2, 0.25) is 0 Å².